The summed E-state index contributed by atoms with van der Waals surface area (Å²) in [4.78, 5) is 0. The lowest BCUT2D eigenvalue weighted by molar-refractivity contribution is -0.916. The van der Waals surface area contributed by atoms with Gasteiger partial charge in [-0.15, -0.1) is 0 Å². The smallest absolute Gasteiger partial charge is 0.187 e. The van der Waals surface area contributed by atoms with Crippen LogP contribution in [-0.2, 0) is 0 Å². The highest BCUT2D eigenvalue weighted by Gasteiger charge is 2.12. The first-order chi connectivity index (χ1) is 2.94. The fourth-order valence-electron chi connectivity index (χ4n) is 0. The molecular formula is C5H14INO. The van der Waals surface area contributed by atoms with E-state index in [-0.39, 0.29) is 30.2 Å². The third-order valence-corrected chi connectivity index (χ3v) is 1.12. The van der Waals surface area contributed by atoms with E-state index in [0.29, 0.717) is 4.48 Å². The summed E-state index contributed by atoms with van der Waals surface area (Å²) in [7, 11) is 5.85. The third kappa shape index (κ3) is 4.80. The summed E-state index contributed by atoms with van der Waals surface area (Å²) in [6, 6.07) is 0. The van der Waals surface area contributed by atoms with Crippen LogP contribution < -0.4 is 24.0 Å². The third-order valence-electron chi connectivity index (χ3n) is 1.12. The highest BCUT2D eigenvalue weighted by Crippen LogP contribution is 1.94. The Morgan fingerprint density at radius 1 is 1.25 bits per heavy atom. The normalized spacial score (nSPS) is 14.6. The molecule has 0 aromatic rings. The van der Waals surface area contributed by atoms with Gasteiger partial charge in [-0.05, 0) is 0 Å². The van der Waals surface area contributed by atoms with Crippen molar-refractivity contribution in [3.05, 3.63) is 0 Å². The monoisotopic (exact) mass is 231 g/mol. The molecule has 0 saturated heterocycles. The second kappa shape index (κ2) is 3.63. The van der Waals surface area contributed by atoms with Crippen molar-refractivity contribution in [2.45, 2.75) is 13.2 Å². The minimum absolute atomic E-state index is 0. The SMILES string of the molecule is CC(O)[N+](C)(C)C.[I-]. The highest BCUT2D eigenvalue weighted by atomic mass is 127. The van der Waals surface area contributed by atoms with Gasteiger partial charge in [-0.25, -0.2) is 0 Å². The molecule has 0 aliphatic carbocycles. The van der Waals surface area contributed by atoms with Gasteiger partial charge in [0.1, 0.15) is 0 Å². The molecule has 0 bridgehead atoms. The van der Waals surface area contributed by atoms with E-state index in [1.807, 2.05) is 21.1 Å². The van der Waals surface area contributed by atoms with Crippen molar-refractivity contribution >= 4 is 0 Å². The van der Waals surface area contributed by atoms with E-state index in [1.165, 1.54) is 0 Å². The van der Waals surface area contributed by atoms with Crippen LogP contribution in [0.1, 0.15) is 6.92 Å². The highest BCUT2D eigenvalue weighted by molar-refractivity contribution is 4.18. The molecule has 0 radical (unpaired) electrons. The summed E-state index contributed by atoms with van der Waals surface area (Å²) in [6.45, 7) is 1.78. The quantitative estimate of drug-likeness (QED) is 0.290. The molecule has 0 aromatic carbocycles. The summed E-state index contributed by atoms with van der Waals surface area (Å²) in [5, 5.41) is 8.86. The summed E-state index contributed by atoms with van der Waals surface area (Å²) in [6.07, 6.45) is -0.264. The zero-order valence-corrected chi connectivity index (χ0v) is 8.01. The molecule has 0 aliphatic rings. The second-order valence-corrected chi connectivity index (χ2v) is 2.75. The molecule has 1 N–H and O–H groups in total. The van der Waals surface area contributed by atoms with Crippen LogP contribution in [0.2, 0.25) is 0 Å². The fourth-order valence-corrected chi connectivity index (χ4v) is 0. The van der Waals surface area contributed by atoms with Crippen LogP contribution in [0.25, 0.3) is 0 Å². The summed E-state index contributed by atoms with van der Waals surface area (Å²) >= 11 is 0. The van der Waals surface area contributed by atoms with Crippen molar-refractivity contribution in [1.82, 2.24) is 0 Å². The Hall–Kier alpha value is 0.650. The molecule has 0 aromatic heterocycles. The summed E-state index contributed by atoms with van der Waals surface area (Å²) in [5.74, 6) is 0. The van der Waals surface area contributed by atoms with Gasteiger partial charge < -0.3 is 33.6 Å². The van der Waals surface area contributed by atoms with Crippen LogP contribution in [0.3, 0.4) is 0 Å². The maximum absolute atomic E-state index is 8.86. The zero-order chi connectivity index (χ0) is 6.08. The van der Waals surface area contributed by atoms with Crippen molar-refractivity contribution in [3.8, 4) is 0 Å². The predicted octanol–water partition coefficient (Wildman–Crippen LogP) is -2.97. The maximum atomic E-state index is 8.86. The molecule has 1 atom stereocenters. The molecule has 1 unspecified atom stereocenters. The molecular weight excluding hydrogens is 217 g/mol. The van der Waals surface area contributed by atoms with Crippen molar-refractivity contribution in [1.29, 1.82) is 0 Å². The van der Waals surface area contributed by atoms with E-state index < -0.39 is 0 Å². The first-order valence-electron chi connectivity index (χ1n) is 2.44. The first-order valence-corrected chi connectivity index (χ1v) is 2.44. The van der Waals surface area contributed by atoms with Gasteiger partial charge in [-0.3, -0.25) is 0 Å². The number of quaternary nitrogens is 1. The minimum atomic E-state index is -0.264. The predicted molar refractivity (Wildman–Crippen MR) is 29.7 cm³/mol. The first kappa shape index (κ1) is 11.4. The molecule has 0 saturated carbocycles. The van der Waals surface area contributed by atoms with Crippen LogP contribution in [0.5, 0.6) is 0 Å². The van der Waals surface area contributed by atoms with Crippen molar-refractivity contribution < 1.29 is 33.6 Å². The molecule has 3 heteroatoms. The Morgan fingerprint density at radius 2 is 1.38 bits per heavy atom. The molecule has 0 spiro atoms. The maximum Gasteiger partial charge on any atom is 0.187 e. The molecule has 2 nitrogen and oxygen atoms in total. The molecule has 0 amide bonds. The number of rotatable bonds is 1. The van der Waals surface area contributed by atoms with Gasteiger partial charge in [0.15, 0.2) is 6.23 Å². The number of hydrogen-bond acceptors (Lipinski definition) is 1. The van der Waals surface area contributed by atoms with E-state index in [1.54, 1.807) is 6.92 Å². The lowest BCUT2D eigenvalue weighted by atomic mass is 10.5. The van der Waals surface area contributed by atoms with Crippen molar-refractivity contribution in [2.24, 2.45) is 0 Å². The largest absolute Gasteiger partial charge is 1.00 e. The second-order valence-electron chi connectivity index (χ2n) is 2.75. The van der Waals surface area contributed by atoms with Crippen LogP contribution in [0.15, 0.2) is 0 Å². The fraction of sp³-hybridized carbons (Fsp3) is 1.00. The Labute approximate surface area is 68.1 Å². The van der Waals surface area contributed by atoms with Gasteiger partial charge >= 0.3 is 0 Å². The van der Waals surface area contributed by atoms with Crippen molar-refractivity contribution in [3.63, 3.8) is 0 Å². The van der Waals surface area contributed by atoms with E-state index in [4.69, 9.17) is 5.11 Å². The van der Waals surface area contributed by atoms with Crippen LogP contribution in [-0.4, -0.2) is 37.0 Å². The van der Waals surface area contributed by atoms with E-state index in [9.17, 15) is 0 Å². The average Bonchev–Trinajstić information content (AvgIpc) is 1.31. The Kier molecular flexibility index (Phi) is 5.20. The standard InChI is InChI=1S/C5H14NO.HI/c1-5(7)6(2,3)4;/h5,7H,1-4H3;1H/q+1;/p-1. The van der Waals surface area contributed by atoms with Crippen LogP contribution in [0.4, 0.5) is 0 Å². The number of halogens is 1. The van der Waals surface area contributed by atoms with Gasteiger partial charge in [0.2, 0.25) is 0 Å². The lowest BCUT2D eigenvalue weighted by Crippen LogP contribution is -3.00. The Morgan fingerprint density at radius 3 is 1.38 bits per heavy atom. The average molecular weight is 231 g/mol. The molecule has 0 fully saturated rings. The number of hydrogen-bond donors (Lipinski definition) is 1. The molecule has 8 heavy (non-hydrogen) atoms. The molecule has 0 rings (SSSR count). The number of aliphatic hydroxyl groups is 1. The van der Waals surface area contributed by atoms with Crippen LogP contribution >= 0.6 is 0 Å². The summed E-state index contributed by atoms with van der Waals surface area (Å²) in [5.41, 5.74) is 0. The van der Waals surface area contributed by atoms with E-state index >= 15 is 0 Å². The number of nitrogens with zero attached hydrogens (tertiary/aromatic N) is 1. The lowest BCUT2D eigenvalue weighted by Gasteiger charge is -2.26. The van der Waals surface area contributed by atoms with Gasteiger partial charge in [0.25, 0.3) is 0 Å². The minimum Gasteiger partial charge on any atom is -1.00 e. The molecule has 52 valence electrons. The zero-order valence-electron chi connectivity index (χ0n) is 5.85. The van der Waals surface area contributed by atoms with Gasteiger partial charge in [0, 0.05) is 6.92 Å². The van der Waals surface area contributed by atoms with Gasteiger partial charge in [-0.2, -0.15) is 0 Å². The van der Waals surface area contributed by atoms with Crippen LogP contribution in [0, 0.1) is 0 Å². The molecule has 0 aliphatic heterocycles. The van der Waals surface area contributed by atoms with Crippen molar-refractivity contribution in [2.75, 3.05) is 21.1 Å². The Bertz CT molecular complexity index is 57.9. The van der Waals surface area contributed by atoms with E-state index in [2.05, 4.69) is 0 Å². The van der Waals surface area contributed by atoms with Gasteiger partial charge in [-0.1, -0.05) is 0 Å². The number of aliphatic hydroxyl groups excluding tert-OH is 1. The molecule has 0 heterocycles. The van der Waals surface area contributed by atoms with Gasteiger partial charge in [0.05, 0.1) is 21.1 Å². The summed E-state index contributed by atoms with van der Waals surface area (Å²) < 4.78 is 0.611. The topological polar surface area (TPSA) is 20.2 Å². The van der Waals surface area contributed by atoms with E-state index in [0.717, 1.165) is 0 Å². The Balaban J connectivity index is 0.